The van der Waals surface area contributed by atoms with Gasteiger partial charge >= 0.3 is 0 Å². The lowest BCUT2D eigenvalue weighted by Crippen LogP contribution is -2.39. The van der Waals surface area contributed by atoms with Gasteiger partial charge in [0, 0.05) is 19.2 Å². The molecule has 2 N–H and O–H groups in total. The van der Waals surface area contributed by atoms with E-state index in [4.69, 9.17) is 4.74 Å². The van der Waals surface area contributed by atoms with Gasteiger partial charge in [-0.05, 0) is 37.5 Å². The minimum absolute atomic E-state index is 0.368. The third-order valence-corrected chi connectivity index (χ3v) is 3.83. The summed E-state index contributed by atoms with van der Waals surface area (Å²) in [6.07, 6.45) is 6.16. The molecule has 0 aromatic rings. The molecular weight excluding hydrogens is 226 g/mol. The van der Waals surface area contributed by atoms with Crippen LogP contribution in [0.5, 0.6) is 0 Å². The largest absolute Gasteiger partial charge is 0.389 e. The summed E-state index contributed by atoms with van der Waals surface area (Å²) in [5.74, 6) is 1.47. The van der Waals surface area contributed by atoms with Crippen LogP contribution in [0.15, 0.2) is 0 Å². The summed E-state index contributed by atoms with van der Waals surface area (Å²) in [4.78, 5) is 0. The van der Waals surface area contributed by atoms with E-state index in [0.29, 0.717) is 25.1 Å². The average molecular weight is 257 g/mol. The first-order valence-electron chi connectivity index (χ1n) is 7.61. The molecule has 3 nitrogen and oxygen atoms in total. The van der Waals surface area contributed by atoms with E-state index in [0.717, 1.165) is 12.5 Å². The molecule has 1 rings (SSSR count). The molecule has 1 atom stereocenters. The number of rotatable bonds is 8. The zero-order chi connectivity index (χ0) is 13.4. The Balaban J connectivity index is 2.02. The summed E-state index contributed by atoms with van der Waals surface area (Å²) in [6, 6.07) is 0.604. The first-order chi connectivity index (χ1) is 8.61. The van der Waals surface area contributed by atoms with Crippen LogP contribution in [0.1, 0.15) is 52.9 Å². The highest BCUT2D eigenvalue weighted by atomic mass is 16.5. The summed E-state index contributed by atoms with van der Waals surface area (Å²) in [6.45, 7) is 8.38. The fourth-order valence-corrected chi connectivity index (χ4v) is 2.58. The Bertz CT molecular complexity index is 201. The quantitative estimate of drug-likeness (QED) is 0.702. The second-order valence-corrected chi connectivity index (χ2v) is 6.12. The predicted molar refractivity (Wildman–Crippen MR) is 75.7 cm³/mol. The number of ether oxygens (including phenoxy) is 1. The van der Waals surface area contributed by atoms with Crippen LogP contribution in [-0.2, 0) is 4.74 Å². The van der Waals surface area contributed by atoms with E-state index in [1.807, 2.05) is 0 Å². The van der Waals surface area contributed by atoms with Crippen LogP contribution in [0.2, 0.25) is 0 Å². The van der Waals surface area contributed by atoms with E-state index < -0.39 is 0 Å². The zero-order valence-corrected chi connectivity index (χ0v) is 12.3. The maximum absolute atomic E-state index is 9.80. The van der Waals surface area contributed by atoms with Crippen LogP contribution < -0.4 is 5.32 Å². The van der Waals surface area contributed by atoms with Crippen LogP contribution in [0.3, 0.4) is 0 Å². The van der Waals surface area contributed by atoms with Crippen LogP contribution in [-0.4, -0.2) is 37.0 Å². The van der Waals surface area contributed by atoms with E-state index in [1.165, 1.54) is 32.1 Å². The Kier molecular flexibility index (Phi) is 7.87. The lowest BCUT2D eigenvalue weighted by molar-refractivity contribution is 0.0242. The van der Waals surface area contributed by atoms with Gasteiger partial charge in [0.05, 0.1) is 12.7 Å². The summed E-state index contributed by atoms with van der Waals surface area (Å²) >= 11 is 0. The van der Waals surface area contributed by atoms with Crippen molar-refractivity contribution in [1.29, 1.82) is 0 Å². The van der Waals surface area contributed by atoms with E-state index >= 15 is 0 Å². The number of nitrogens with one attached hydrogen (secondary N) is 1. The van der Waals surface area contributed by atoms with Gasteiger partial charge < -0.3 is 15.2 Å². The van der Waals surface area contributed by atoms with Gasteiger partial charge in [0.15, 0.2) is 0 Å². The molecule has 0 aromatic heterocycles. The number of aliphatic hydroxyl groups excluding tert-OH is 1. The monoisotopic (exact) mass is 257 g/mol. The van der Waals surface area contributed by atoms with Crippen molar-refractivity contribution in [3.05, 3.63) is 0 Å². The molecule has 1 aliphatic carbocycles. The second-order valence-electron chi connectivity index (χ2n) is 6.12. The Labute approximate surface area is 112 Å². The van der Waals surface area contributed by atoms with Gasteiger partial charge in [-0.25, -0.2) is 0 Å². The fraction of sp³-hybridized carbons (Fsp3) is 1.00. The van der Waals surface area contributed by atoms with Gasteiger partial charge in [-0.1, -0.05) is 27.2 Å². The maximum atomic E-state index is 9.80. The predicted octanol–water partition coefficient (Wildman–Crippen LogP) is 2.58. The summed E-state index contributed by atoms with van der Waals surface area (Å²) < 4.78 is 5.44. The molecule has 0 saturated heterocycles. The molecule has 0 amide bonds. The van der Waals surface area contributed by atoms with Crippen molar-refractivity contribution in [3.63, 3.8) is 0 Å². The minimum atomic E-state index is -0.368. The van der Waals surface area contributed by atoms with Gasteiger partial charge in [0.1, 0.15) is 0 Å². The highest BCUT2D eigenvalue weighted by molar-refractivity contribution is 4.77. The van der Waals surface area contributed by atoms with Crippen LogP contribution in [0.4, 0.5) is 0 Å². The highest BCUT2D eigenvalue weighted by Crippen LogP contribution is 2.26. The second kappa shape index (κ2) is 8.89. The van der Waals surface area contributed by atoms with E-state index in [9.17, 15) is 5.11 Å². The molecule has 0 radical (unpaired) electrons. The molecule has 3 heteroatoms. The van der Waals surface area contributed by atoms with Crippen molar-refractivity contribution >= 4 is 0 Å². The lowest BCUT2D eigenvalue weighted by Gasteiger charge is -2.29. The molecule has 1 unspecified atom stereocenters. The van der Waals surface area contributed by atoms with Crippen molar-refractivity contribution in [2.45, 2.75) is 65.0 Å². The molecule has 18 heavy (non-hydrogen) atoms. The number of hydrogen-bond donors (Lipinski definition) is 2. The van der Waals surface area contributed by atoms with Gasteiger partial charge in [-0.2, -0.15) is 0 Å². The third-order valence-electron chi connectivity index (χ3n) is 3.83. The lowest BCUT2D eigenvalue weighted by atomic mass is 9.84. The molecule has 0 aromatic carbocycles. The summed E-state index contributed by atoms with van der Waals surface area (Å²) in [5.41, 5.74) is 0. The van der Waals surface area contributed by atoms with Gasteiger partial charge in [-0.15, -0.1) is 0 Å². The van der Waals surface area contributed by atoms with Gasteiger partial charge in [-0.3, -0.25) is 0 Å². The Morgan fingerprint density at radius 3 is 2.39 bits per heavy atom. The molecule has 0 aliphatic heterocycles. The molecule has 108 valence electrons. The first-order valence-corrected chi connectivity index (χ1v) is 7.61. The SMILES string of the molecule is CCC1CCC(NCC(O)COCC(C)C)CC1. The summed E-state index contributed by atoms with van der Waals surface area (Å²) in [5, 5.41) is 13.3. The molecule has 1 saturated carbocycles. The van der Waals surface area contributed by atoms with Gasteiger partial charge in [0.2, 0.25) is 0 Å². The molecular formula is C15H31NO2. The topological polar surface area (TPSA) is 41.5 Å². The molecule has 1 aliphatic rings. The van der Waals surface area contributed by atoms with E-state index in [1.54, 1.807) is 0 Å². The Morgan fingerprint density at radius 2 is 1.83 bits per heavy atom. The zero-order valence-electron chi connectivity index (χ0n) is 12.3. The Hall–Kier alpha value is -0.120. The van der Waals surface area contributed by atoms with Crippen molar-refractivity contribution in [2.75, 3.05) is 19.8 Å². The first kappa shape index (κ1) is 15.9. The third kappa shape index (κ3) is 6.72. The smallest absolute Gasteiger partial charge is 0.0897 e. The van der Waals surface area contributed by atoms with Crippen molar-refractivity contribution in [3.8, 4) is 0 Å². The standard InChI is InChI=1S/C15H31NO2/c1-4-13-5-7-14(8-6-13)16-9-15(17)11-18-10-12(2)3/h12-17H,4-11H2,1-3H3. The number of hydrogen-bond acceptors (Lipinski definition) is 3. The maximum Gasteiger partial charge on any atom is 0.0897 e. The fourth-order valence-electron chi connectivity index (χ4n) is 2.58. The molecule has 0 bridgehead atoms. The normalized spacial score (nSPS) is 26.5. The average Bonchev–Trinajstić information content (AvgIpc) is 2.36. The highest BCUT2D eigenvalue weighted by Gasteiger charge is 2.20. The minimum Gasteiger partial charge on any atom is -0.389 e. The summed E-state index contributed by atoms with van der Waals surface area (Å²) in [7, 11) is 0. The van der Waals surface area contributed by atoms with Crippen LogP contribution in [0, 0.1) is 11.8 Å². The van der Waals surface area contributed by atoms with E-state index in [2.05, 4.69) is 26.1 Å². The number of aliphatic hydroxyl groups is 1. The van der Waals surface area contributed by atoms with Crippen LogP contribution >= 0.6 is 0 Å². The molecule has 0 spiro atoms. The molecule has 0 heterocycles. The van der Waals surface area contributed by atoms with Gasteiger partial charge in [0.25, 0.3) is 0 Å². The van der Waals surface area contributed by atoms with Crippen molar-refractivity contribution in [1.82, 2.24) is 5.32 Å². The van der Waals surface area contributed by atoms with Crippen molar-refractivity contribution < 1.29 is 9.84 Å². The van der Waals surface area contributed by atoms with Crippen molar-refractivity contribution in [2.24, 2.45) is 11.8 Å². The van der Waals surface area contributed by atoms with E-state index in [-0.39, 0.29) is 6.10 Å². The van der Waals surface area contributed by atoms with Crippen LogP contribution in [0.25, 0.3) is 0 Å². The molecule has 1 fully saturated rings. The Morgan fingerprint density at radius 1 is 1.17 bits per heavy atom.